The topological polar surface area (TPSA) is 60.8 Å². The lowest BCUT2D eigenvalue weighted by atomic mass is 9.70. The molecule has 0 aromatic carbocycles. The van der Waals surface area contributed by atoms with Crippen LogP contribution in [0.1, 0.15) is 33.6 Å². The first-order valence-corrected chi connectivity index (χ1v) is 5.54. The second-order valence-corrected chi connectivity index (χ2v) is 5.47. The highest BCUT2D eigenvalue weighted by atomic mass is 19.1. The SMILES string of the molecule is CC(C)(C)C1CCCN(C(=O)O)C1(F)CO. The van der Waals surface area contributed by atoms with Crippen LogP contribution in [0.2, 0.25) is 0 Å². The van der Waals surface area contributed by atoms with Gasteiger partial charge in [0.25, 0.3) is 0 Å². The van der Waals surface area contributed by atoms with Crippen molar-refractivity contribution in [1.29, 1.82) is 0 Å². The lowest BCUT2D eigenvalue weighted by Crippen LogP contribution is -2.61. The summed E-state index contributed by atoms with van der Waals surface area (Å²) >= 11 is 0. The first-order valence-electron chi connectivity index (χ1n) is 5.54. The van der Waals surface area contributed by atoms with E-state index in [2.05, 4.69) is 0 Å². The number of piperidine rings is 1. The maximum absolute atomic E-state index is 14.7. The lowest BCUT2D eigenvalue weighted by molar-refractivity contribution is -0.149. The smallest absolute Gasteiger partial charge is 0.409 e. The number of alkyl halides is 1. The maximum Gasteiger partial charge on any atom is 0.409 e. The van der Waals surface area contributed by atoms with E-state index in [-0.39, 0.29) is 12.0 Å². The van der Waals surface area contributed by atoms with Gasteiger partial charge in [-0.15, -0.1) is 0 Å². The first kappa shape index (κ1) is 13.2. The summed E-state index contributed by atoms with van der Waals surface area (Å²) in [5.74, 6) is -2.63. The molecule has 94 valence electrons. The Morgan fingerprint density at radius 3 is 2.50 bits per heavy atom. The van der Waals surface area contributed by atoms with Crippen LogP contribution in [-0.2, 0) is 0 Å². The third kappa shape index (κ3) is 2.14. The van der Waals surface area contributed by atoms with E-state index >= 15 is 0 Å². The van der Waals surface area contributed by atoms with Crippen LogP contribution in [0.3, 0.4) is 0 Å². The molecule has 1 fully saturated rings. The largest absolute Gasteiger partial charge is 0.465 e. The summed E-state index contributed by atoms with van der Waals surface area (Å²) in [6, 6.07) is 0. The fraction of sp³-hybridized carbons (Fsp3) is 0.909. The number of nitrogens with zero attached hydrogens (tertiary/aromatic N) is 1. The molecule has 1 rings (SSSR count). The van der Waals surface area contributed by atoms with Gasteiger partial charge in [0.15, 0.2) is 0 Å². The predicted octanol–water partition coefficient (Wildman–Crippen LogP) is 2.08. The van der Waals surface area contributed by atoms with Gasteiger partial charge in [-0.05, 0) is 18.3 Å². The Hall–Kier alpha value is -0.840. The van der Waals surface area contributed by atoms with Crippen molar-refractivity contribution in [2.75, 3.05) is 13.2 Å². The average molecular weight is 233 g/mol. The summed E-state index contributed by atoms with van der Waals surface area (Å²) in [4.78, 5) is 11.7. The molecule has 0 radical (unpaired) electrons. The van der Waals surface area contributed by atoms with E-state index in [0.29, 0.717) is 12.8 Å². The van der Waals surface area contributed by atoms with E-state index in [9.17, 15) is 14.3 Å². The highest BCUT2D eigenvalue weighted by molar-refractivity contribution is 5.66. The number of likely N-dealkylation sites (tertiary alicyclic amines) is 1. The highest BCUT2D eigenvalue weighted by Gasteiger charge is 2.53. The van der Waals surface area contributed by atoms with Gasteiger partial charge in [0.2, 0.25) is 5.79 Å². The number of carboxylic acid groups (broad SMARTS) is 1. The summed E-state index contributed by atoms with van der Waals surface area (Å²) in [7, 11) is 0. The van der Waals surface area contributed by atoms with Crippen molar-refractivity contribution in [2.45, 2.75) is 39.4 Å². The van der Waals surface area contributed by atoms with Gasteiger partial charge in [-0.3, -0.25) is 4.90 Å². The molecule has 5 heteroatoms. The standard InChI is InChI=1S/C11H20FNO3/c1-10(2,3)8-5-4-6-13(9(15)16)11(8,12)7-14/h8,14H,4-7H2,1-3H3,(H,15,16). The Balaban J connectivity index is 3.06. The van der Waals surface area contributed by atoms with Gasteiger partial charge in [-0.1, -0.05) is 20.8 Å². The molecular formula is C11H20FNO3. The Labute approximate surface area is 95.1 Å². The fourth-order valence-corrected chi connectivity index (χ4v) is 2.60. The number of hydrogen-bond donors (Lipinski definition) is 2. The number of rotatable bonds is 1. The van der Waals surface area contributed by atoms with Gasteiger partial charge in [0, 0.05) is 12.5 Å². The van der Waals surface area contributed by atoms with Gasteiger partial charge in [-0.25, -0.2) is 9.18 Å². The second kappa shape index (κ2) is 4.20. The zero-order valence-corrected chi connectivity index (χ0v) is 10.0. The summed E-state index contributed by atoms with van der Waals surface area (Å²) in [5.41, 5.74) is -0.369. The number of amides is 1. The summed E-state index contributed by atoms with van der Waals surface area (Å²) in [5, 5.41) is 18.2. The van der Waals surface area contributed by atoms with Gasteiger partial charge in [0.05, 0.1) is 6.61 Å². The Kier molecular flexibility index (Phi) is 3.47. The van der Waals surface area contributed by atoms with Crippen molar-refractivity contribution in [2.24, 2.45) is 11.3 Å². The van der Waals surface area contributed by atoms with Crippen LogP contribution in [0, 0.1) is 11.3 Å². The van der Waals surface area contributed by atoms with E-state index < -0.39 is 24.4 Å². The van der Waals surface area contributed by atoms with E-state index in [1.54, 1.807) is 0 Å². The Bertz CT molecular complexity index is 277. The molecule has 16 heavy (non-hydrogen) atoms. The van der Waals surface area contributed by atoms with Gasteiger partial charge in [0.1, 0.15) is 0 Å². The van der Waals surface area contributed by atoms with Crippen molar-refractivity contribution >= 4 is 6.09 Å². The first-order chi connectivity index (χ1) is 7.23. The molecule has 2 atom stereocenters. The Morgan fingerprint density at radius 1 is 1.56 bits per heavy atom. The number of aliphatic hydroxyl groups is 1. The minimum Gasteiger partial charge on any atom is -0.465 e. The van der Waals surface area contributed by atoms with Crippen molar-refractivity contribution in [3.63, 3.8) is 0 Å². The molecule has 0 spiro atoms. The molecular weight excluding hydrogens is 213 g/mol. The second-order valence-electron chi connectivity index (χ2n) is 5.47. The molecule has 1 amide bonds. The summed E-state index contributed by atoms with van der Waals surface area (Å²) in [6.07, 6.45) is -0.0601. The molecule has 1 heterocycles. The molecule has 2 unspecified atom stereocenters. The van der Waals surface area contributed by atoms with Crippen LogP contribution < -0.4 is 0 Å². The third-order valence-corrected chi connectivity index (χ3v) is 3.36. The fourth-order valence-electron chi connectivity index (χ4n) is 2.60. The zero-order chi connectivity index (χ0) is 12.6. The van der Waals surface area contributed by atoms with Crippen LogP contribution in [-0.4, -0.2) is 40.2 Å². The summed E-state index contributed by atoms with van der Waals surface area (Å²) < 4.78 is 14.7. The van der Waals surface area contributed by atoms with E-state index in [1.165, 1.54) is 0 Å². The van der Waals surface area contributed by atoms with Gasteiger partial charge in [-0.2, -0.15) is 0 Å². The molecule has 2 N–H and O–H groups in total. The molecule has 4 nitrogen and oxygen atoms in total. The van der Waals surface area contributed by atoms with E-state index in [4.69, 9.17) is 5.11 Å². The third-order valence-electron chi connectivity index (χ3n) is 3.36. The van der Waals surface area contributed by atoms with Gasteiger partial charge < -0.3 is 10.2 Å². The monoisotopic (exact) mass is 233 g/mol. The lowest BCUT2D eigenvalue weighted by Gasteiger charge is -2.49. The van der Waals surface area contributed by atoms with Crippen LogP contribution >= 0.6 is 0 Å². The molecule has 0 bridgehead atoms. The minimum atomic E-state index is -2.15. The number of halogens is 1. The minimum absolute atomic E-state index is 0.152. The molecule has 0 aliphatic carbocycles. The van der Waals surface area contributed by atoms with Crippen molar-refractivity contribution < 1.29 is 19.4 Å². The number of carbonyl (C=O) groups is 1. The number of aliphatic hydroxyl groups excluding tert-OH is 1. The molecule has 1 aliphatic rings. The van der Waals surface area contributed by atoms with E-state index in [0.717, 1.165) is 4.90 Å². The van der Waals surface area contributed by atoms with Crippen molar-refractivity contribution in [1.82, 2.24) is 4.90 Å². The van der Waals surface area contributed by atoms with Crippen molar-refractivity contribution in [3.05, 3.63) is 0 Å². The molecule has 0 saturated carbocycles. The van der Waals surface area contributed by atoms with Crippen LogP contribution in [0.25, 0.3) is 0 Å². The van der Waals surface area contributed by atoms with Crippen molar-refractivity contribution in [3.8, 4) is 0 Å². The predicted molar refractivity (Wildman–Crippen MR) is 57.8 cm³/mol. The Morgan fingerprint density at radius 2 is 2.12 bits per heavy atom. The molecule has 0 aromatic rings. The van der Waals surface area contributed by atoms with Gasteiger partial charge >= 0.3 is 6.09 Å². The van der Waals surface area contributed by atoms with E-state index in [1.807, 2.05) is 20.8 Å². The molecule has 1 saturated heterocycles. The van der Waals surface area contributed by atoms with Crippen LogP contribution in [0.15, 0.2) is 0 Å². The zero-order valence-electron chi connectivity index (χ0n) is 10.0. The van der Waals surface area contributed by atoms with Crippen LogP contribution in [0.4, 0.5) is 9.18 Å². The maximum atomic E-state index is 14.7. The normalized spacial score (nSPS) is 31.6. The average Bonchev–Trinajstić information content (AvgIpc) is 2.15. The molecule has 1 aliphatic heterocycles. The summed E-state index contributed by atoms with van der Waals surface area (Å²) in [6.45, 7) is 4.98. The van der Waals surface area contributed by atoms with Crippen LogP contribution in [0.5, 0.6) is 0 Å². The highest BCUT2D eigenvalue weighted by Crippen LogP contribution is 2.45. The quantitative estimate of drug-likeness (QED) is 0.682. The molecule has 0 aromatic heterocycles. The number of hydrogen-bond acceptors (Lipinski definition) is 2.